The summed E-state index contributed by atoms with van der Waals surface area (Å²) in [6, 6.07) is 17.5. The average Bonchev–Trinajstić information content (AvgIpc) is 3.44. The molecule has 1 aliphatic heterocycles. The van der Waals surface area contributed by atoms with Crippen molar-refractivity contribution in [2.75, 3.05) is 19.2 Å². The van der Waals surface area contributed by atoms with Gasteiger partial charge in [-0.3, -0.25) is 4.79 Å². The molecule has 1 saturated carbocycles. The van der Waals surface area contributed by atoms with Gasteiger partial charge in [0, 0.05) is 17.5 Å². The van der Waals surface area contributed by atoms with Crippen LogP contribution in [0.1, 0.15) is 48.6 Å². The van der Waals surface area contributed by atoms with E-state index in [1.165, 1.54) is 17.2 Å². The summed E-state index contributed by atoms with van der Waals surface area (Å²) in [5, 5.41) is -0.345. The van der Waals surface area contributed by atoms with Crippen LogP contribution < -0.4 is 15.0 Å². The smallest absolute Gasteiger partial charge is 0.286 e. The number of halogens is 1. The van der Waals surface area contributed by atoms with Crippen LogP contribution in [0.15, 0.2) is 76.8 Å². The Morgan fingerprint density at radius 2 is 1.84 bits per heavy atom. The monoisotopic (exact) mass is 605 g/mol. The Hall–Kier alpha value is -4.09. The molecular formula is C32H32FN3O6S. The molecule has 0 radical (unpaired) electrons. The van der Waals surface area contributed by atoms with Crippen molar-refractivity contribution in [3.8, 4) is 22.8 Å². The number of fused-ring (bicyclic) bond motifs is 1. The van der Waals surface area contributed by atoms with E-state index < -0.39 is 21.2 Å². The van der Waals surface area contributed by atoms with E-state index in [1.807, 2.05) is 30.3 Å². The molecule has 0 N–H and O–H groups in total. The Morgan fingerprint density at radius 1 is 1.05 bits per heavy atom. The lowest BCUT2D eigenvalue weighted by molar-refractivity contribution is 0.00792. The largest absolute Gasteiger partial charge is 0.454 e. The van der Waals surface area contributed by atoms with Crippen LogP contribution in [-0.4, -0.2) is 42.1 Å². The van der Waals surface area contributed by atoms with Gasteiger partial charge in [-0.15, -0.1) is 0 Å². The van der Waals surface area contributed by atoms with Gasteiger partial charge in [-0.25, -0.2) is 22.8 Å². The van der Waals surface area contributed by atoms with Crippen LogP contribution in [-0.2, 0) is 21.1 Å². The molecule has 2 aliphatic rings. The van der Waals surface area contributed by atoms with Crippen molar-refractivity contribution in [2.45, 2.75) is 50.4 Å². The summed E-state index contributed by atoms with van der Waals surface area (Å²) >= 11 is 0. The zero-order valence-corrected chi connectivity index (χ0v) is 24.6. The Balaban J connectivity index is 1.24. The summed E-state index contributed by atoms with van der Waals surface area (Å²) in [5.41, 5.74) is 1.67. The number of aryl methyl sites for hydroxylation is 1. The third-order valence-electron chi connectivity index (χ3n) is 7.82. The summed E-state index contributed by atoms with van der Waals surface area (Å²) in [6.45, 7) is 2.43. The number of benzene rings is 2. The molecule has 0 amide bonds. The van der Waals surface area contributed by atoms with Crippen LogP contribution >= 0.6 is 0 Å². The molecule has 43 heavy (non-hydrogen) atoms. The lowest BCUT2D eigenvalue weighted by atomic mass is 9.86. The van der Waals surface area contributed by atoms with Crippen molar-refractivity contribution in [1.29, 1.82) is 0 Å². The molecule has 2 aromatic carbocycles. The van der Waals surface area contributed by atoms with Crippen molar-refractivity contribution in [2.24, 2.45) is 5.92 Å². The molecule has 2 aromatic heterocycles. The van der Waals surface area contributed by atoms with Crippen molar-refractivity contribution in [3.63, 3.8) is 0 Å². The maximum Gasteiger partial charge on any atom is 0.286 e. The number of rotatable bonds is 11. The second-order valence-electron chi connectivity index (χ2n) is 11.0. The molecule has 3 heterocycles. The van der Waals surface area contributed by atoms with Crippen LogP contribution in [0.3, 0.4) is 0 Å². The minimum absolute atomic E-state index is 0.0667. The summed E-state index contributed by atoms with van der Waals surface area (Å²) < 4.78 is 60.0. The number of hydrogen-bond donors (Lipinski definition) is 0. The Bertz CT molecular complexity index is 1790. The summed E-state index contributed by atoms with van der Waals surface area (Å²) in [7, 11) is -3.92. The average molecular weight is 606 g/mol. The number of sulfone groups is 1. The van der Waals surface area contributed by atoms with Crippen molar-refractivity contribution in [1.82, 2.24) is 14.5 Å². The first-order valence-electron chi connectivity index (χ1n) is 14.3. The van der Waals surface area contributed by atoms with Crippen LogP contribution in [0.4, 0.5) is 4.39 Å². The Labute approximate surface area is 249 Å². The zero-order valence-electron chi connectivity index (χ0n) is 23.7. The second kappa shape index (κ2) is 12.3. The Morgan fingerprint density at radius 3 is 2.60 bits per heavy atom. The van der Waals surface area contributed by atoms with E-state index in [-0.39, 0.29) is 48.0 Å². The third-order valence-corrected chi connectivity index (χ3v) is 9.33. The molecule has 0 spiro atoms. The number of nitrogens with zero attached hydrogens (tertiary/aromatic N) is 3. The van der Waals surface area contributed by atoms with Gasteiger partial charge in [-0.2, -0.15) is 0 Å². The summed E-state index contributed by atoms with van der Waals surface area (Å²) in [5.74, 6) is 0.456. The van der Waals surface area contributed by atoms with Gasteiger partial charge >= 0.3 is 0 Å². The van der Waals surface area contributed by atoms with Crippen LogP contribution in [0, 0.1) is 18.7 Å². The van der Waals surface area contributed by atoms with E-state index in [0.717, 1.165) is 24.5 Å². The van der Waals surface area contributed by atoms with Gasteiger partial charge < -0.3 is 18.8 Å². The quantitative estimate of drug-likeness (QED) is 0.213. The second-order valence-corrected chi connectivity index (χ2v) is 13.0. The van der Waals surface area contributed by atoms with Gasteiger partial charge in [0.1, 0.15) is 0 Å². The fourth-order valence-corrected chi connectivity index (χ4v) is 6.43. The van der Waals surface area contributed by atoms with Crippen LogP contribution in [0.25, 0.3) is 11.3 Å². The minimum Gasteiger partial charge on any atom is -0.454 e. The number of hydrogen-bond acceptors (Lipinski definition) is 8. The number of pyridine rings is 1. The van der Waals surface area contributed by atoms with Crippen molar-refractivity contribution in [3.05, 3.63) is 99.9 Å². The fourth-order valence-electron chi connectivity index (χ4n) is 5.20. The first-order chi connectivity index (χ1) is 20.7. The topological polar surface area (TPSA) is 110 Å². The van der Waals surface area contributed by atoms with Gasteiger partial charge in [0.25, 0.3) is 5.56 Å². The normalized spacial score (nSPS) is 15.3. The van der Waals surface area contributed by atoms with Gasteiger partial charge in [0.2, 0.25) is 21.8 Å². The van der Waals surface area contributed by atoms with E-state index in [1.54, 1.807) is 31.2 Å². The number of aromatic nitrogens is 3. The first kappa shape index (κ1) is 29.0. The first-order valence-corrected chi connectivity index (χ1v) is 15.9. The molecule has 224 valence electrons. The highest BCUT2D eigenvalue weighted by atomic mass is 32.2. The lowest BCUT2D eigenvalue weighted by Gasteiger charge is -2.28. The standard InChI is InChI=1S/C32H32FN3O6S/c1-21-14-27(25-16-26(33)31(37)36(18-25)17-23-10-11-29-30(15-23)42-20-41-29)35-32(34-21)43(38,39)13-12-28(24-8-3-2-4-9-24)40-19-22-6-5-7-22/h2-4,8-11,14-16,18,22,28H,5-7,12-13,17,19-20H2,1H3. The highest BCUT2D eigenvalue weighted by Gasteiger charge is 2.25. The van der Waals surface area contributed by atoms with Gasteiger partial charge in [-0.05, 0) is 67.5 Å². The maximum atomic E-state index is 14.9. The van der Waals surface area contributed by atoms with Gasteiger partial charge in [-0.1, -0.05) is 42.8 Å². The zero-order chi connectivity index (χ0) is 30.0. The molecule has 0 saturated heterocycles. The molecule has 0 bridgehead atoms. The van der Waals surface area contributed by atoms with Gasteiger partial charge in [0.05, 0.1) is 30.7 Å². The van der Waals surface area contributed by atoms with Crippen molar-refractivity contribution >= 4 is 9.84 Å². The molecule has 4 aromatic rings. The van der Waals surface area contributed by atoms with E-state index in [9.17, 15) is 17.6 Å². The van der Waals surface area contributed by atoms with Crippen LogP contribution in [0.2, 0.25) is 0 Å². The van der Waals surface area contributed by atoms with E-state index >= 15 is 0 Å². The van der Waals surface area contributed by atoms with Crippen LogP contribution in [0.5, 0.6) is 11.5 Å². The molecule has 11 heteroatoms. The summed E-state index contributed by atoms with van der Waals surface area (Å²) in [6.07, 6.45) is 4.78. The molecule has 1 aliphatic carbocycles. The molecule has 6 rings (SSSR count). The number of ether oxygens (including phenoxy) is 3. The predicted molar refractivity (Wildman–Crippen MR) is 157 cm³/mol. The van der Waals surface area contributed by atoms with E-state index in [4.69, 9.17) is 14.2 Å². The minimum atomic E-state index is -3.92. The van der Waals surface area contributed by atoms with E-state index in [0.29, 0.717) is 35.3 Å². The molecule has 1 atom stereocenters. The van der Waals surface area contributed by atoms with Gasteiger partial charge in [0.15, 0.2) is 17.3 Å². The van der Waals surface area contributed by atoms with E-state index in [2.05, 4.69) is 9.97 Å². The fraction of sp³-hybridized carbons (Fsp3) is 0.344. The Kier molecular flexibility index (Phi) is 8.27. The predicted octanol–water partition coefficient (Wildman–Crippen LogP) is 5.25. The third kappa shape index (κ3) is 6.62. The molecule has 1 unspecified atom stereocenters. The highest BCUT2D eigenvalue weighted by molar-refractivity contribution is 7.91. The lowest BCUT2D eigenvalue weighted by Crippen LogP contribution is -2.23. The SMILES string of the molecule is Cc1cc(-c2cc(F)c(=O)n(Cc3ccc4c(c3)OCO4)c2)nc(S(=O)(=O)CCC(OCC2CCC2)c2ccccc2)n1. The molecule has 1 fully saturated rings. The van der Waals surface area contributed by atoms with Crippen molar-refractivity contribution < 1.29 is 27.0 Å². The highest BCUT2D eigenvalue weighted by Crippen LogP contribution is 2.33. The molecule has 9 nitrogen and oxygen atoms in total. The molecular weight excluding hydrogens is 573 g/mol. The maximum absolute atomic E-state index is 14.9. The summed E-state index contributed by atoms with van der Waals surface area (Å²) in [4.78, 5) is 21.2.